The maximum atomic E-state index is 11.8. The minimum atomic E-state index is -0.208. The number of pyridine rings is 1. The molecule has 0 spiro atoms. The molecular formula is C17H14ClN5OS3. The Balaban J connectivity index is 1.42. The summed E-state index contributed by atoms with van der Waals surface area (Å²) in [5, 5.41) is 12.9. The predicted octanol–water partition coefficient (Wildman–Crippen LogP) is 4.12. The molecule has 3 aromatic rings. The van der Waals surface area contributed by atoms with Gasteiger partial charge in [-0.05, 0) is 17.7 Å². The maximum absolute atomic E-state index is 11.8. The first-order valence-electron chi connectivity index (χ1n) is 7.75. The van der Waals surface area contributed by atoms with Gasteiger partial charge < -0.3 is 0 Å². The van der Waals surface area contributed by atoms with Crippen LogP contribution in [0.3, 0.4) is 0 Å². The third-order valence-corrected chi connectivity index (χ3v) is 6.72. The van der Waals surface area contributed by atoms with Gasteiger partial charge in [-0.3, -0.25) is 9.78 Å². The number of aromatic nitrogens is 3. The summed E-state index contributed by atoms with van der Waals surface area (Å²) in [4.78, 5) is 15.8. The Kier molecular flexibility index (Phi) is 7.64. The van der Waals surface area contributed by atoms with E-state index in [2.05, 4.69) is 25.7 Å². The first kappa shape index (κ1) is 19.8. The van der Waals surface area contributed by atoms with Gasteiger partial charge in [0.2, 0.25) is 0 Å². The normalized spacial score (nSPS) is 11.0. The molecule has 0 aliphatic rings. The van der Waals surface area contributed by atoms with E-state index in [0.717, 1.165) is 30.6 Å². The summed E-state index contributed by atoms with van der Waals surface area (Å²) < 4.78 is 1.58. The van der Waals surface area contributed by atoms with E-state index in [1.165, 1.54) is 23.1 Å². The van der Waals surface area contributed by atoms with E-state index in [1.807, 2.05) is 30.3 Å². The van der Waals surface area contributed by atoms with Gasteiger partial charge in [0, 0.05) is 28.7 Å². The molecular weight excluding hydrogens is 422 g/mol. The Bertz CT molecular complexity index is 920. The highest BCUT2D eigenvalue weighted by molar-refractivity contribution is 8.03. The average Bonchev–Trinajstić information content (AvgIpc) is 3.14. The van der Waals surface area contributed by atoms with Crippen LogP contribution in [-0.4, -0.2) is 33.1 Å². The molecule has 3 rings (SSSR count). The molecule has 10 heteroatoms. The van der Waals surface area contributed by atoms with Crippen LogP contribution in [0.2, 0.25) is 5.02 Å². The number of amides is 1. The summed E-state index contributed by atoms with van der Waals surface area (Å²) in [6.07, 6.45) is 4.88. The van der Waals surface area contributed by atoms with Crippen LogP contribution in [0.15, 0.2) is 62.6 Å². The number of rotatable bonds is 8. The number of hydrogen-bond donors (Lipinski definition) is 1. The van der Waals surface area contributed by atoms with Crippen LogP contribution in [-0.2, 0) is 10.5 Å². The molecule has 0 atom stereocenters. The summed E-state index contributed by atoms with van der Waals surface area (Å²) in [5.74, 6) is 0.733. The van der Waals surface area contributed by atoms with E-state index in [9.17, 15) is 4.79 Å². The smallest absolute Gasteiger partial charge is 0.250 e. The van der Waals surface area contributed by atoms with E-state index in [4.69, 9.17) is 11.6 Å². The van der Waals surface area contributed by atoms with Crippen LogP contribution in [0, 0.1) is 0 Å². The van der Waals surface area contributed by atoms with Crippen molar-refractivity contribution in [1.29, 1.82) is 0 Å². The van der Waals surface area contributed by atoms with Crippen molar-refractivity contribution in [1.82, 2.24) is 20.6 Å². The SMILES string of the molecule is O=C(CSc1nnc(SCc2ccccc2Cl)s1)N/N=C/c1cccnc1. The number of benzene rings is 1. The highest BCUT2D eigenvalue weighted by atomic mass is 35.5. The Hall–Kier alpha value is -1.94. The molecule has 1 N–H and O–H groups in total. The molecule has 2 aromatic heterocycles. The van der Waals surface area contributed by atoms with Crippen LogP contribution in [0.5, 0.6) is 0 Å². The lowest BCUT2D eigenvalue weighted by Gasteiger charge is -2.00. The molecule has 138 valence electrons. The highest BCUT2D eigenvalue weighted by Crippen LogP contribution is 2.32. The number of thioether (sulfide) groups is 2. The summed E-state index contributed by atoms with van der Waals surface area (Å²) in [5.41, 5.74) is 4.35. The molecule has 0 bridgehead atoms. The van der Waals surface area contributed by atoms with Gasteiger partial charge in [-0.1, -0.05) is 70.7 Å². The van der Waals surface area contributed by atoms with Gasteiger partial charge >= 0.3 is 0 Å². The standard InChI is InChI=1S/C17H14ClN5OS3/c18-14-6-2-1-5-13(14)10-25-16-22-23-17(27-16)26-11-15(24)21-20-9-12-4-3-7-19-8-12/h1-9H,10-11H2,(H,21,24)/b20-9+. The Labute approximate surface area is 173 Å². The van der Waals surface area contributed by atoms with Crippen molar-refractivity contribution in [2.45, 2.75) is 14.4 Å². The van der Waals surface area contributed by atoms with Crippen LogP contribution in [0.4, 0.5) is 0 Å². The number of nitrogens with zero attached hydrogens (tertiary/aromatic N) is 4. The number of nitrogens with one attached hydrogen (secondary N) is 1. The number of hydrogen-bond acceptors (Lipinski definition) is 8. The third-order valence-electron chi connectivity index (χ3n) is 3.11. The van der Waals surface area contributed by atoms with E-state index >= 15 is 0 Å². The third kappa shape index (κ3) is 6.62. The first-order valence-corrected chi connectivity index (χ1v) is 10.9. The first-order chi connectivity index (χ1) is 13.2. The fourth-order valence-electron chi connectivity index (χ4n) is 1.86. The number of hydrazone groups is 1. The van der Waals surface area contributed by atoms with Crippen molar-refractivity contribution in [3.8, 4) is 0 Å². The number of carbonyl (C=O) groups is 1. The van der Waals surface area contributed by atoms with E-state index < -0.39 is 0 Å². The molecule has 1 amide bonds. The van der Waals surface area contributed by atoms with Crippen molar-refractivity contribution in [2.75, 3.05) is 5.75 Å². The average molecular weight is 436 g/mol. The zero-order chi connectivity index (χ0) is 18.9. The van der Waals surface area contributed by atoms with E-state index in [1.54, 1.807) is 36.4 Å². The van der Waals surface area contributed by atoms with Crippen molar-refractivity contribution >= 4 is 58.6 Å². The minimum Gasteiger partial charge on any atom is -0.272 e. The second-order valence-corrected chi connectivity index (χ2v) is 8.91. The summed E-state index contributed by atoms with van der Waals surface area (Å²) in [7, 11) is 0. The lowest BCUT2D eigenvalue weighted by Crippen LogP contribution is -2.19. The second-order valence-electron chi connectivity index (χ2n) is 5.08. The Morgan fingerprint density at radius 1 is 1.19 bits per heavy atom. The largest absolute Gasteiger partial charge is 0.272 e. The van der Waals surface area contributed by atoms with Crippen LogP contribution >= 0.6 is 46.5 Å². The second kappa shape index (κ2) is 10.4. The van der Waals surface area contributed by atoms with Crippen LogP contribution in [0.1, 0.15) is 11.1 Å². The minimum absolute atomic E-state index is 0.208. The highest BCUT2D eigenvalue weighted by Gasteiger charge is 2.09. The zero-order valence-corrected chi connectivity index (χ0v) is 17.1. The van der Waals surface area contributed by atoms with Crippen LogP contribution in [0.25, 0.3) is 0 Å². The molecule has 0 aliphatic carbocycles. The van der Waals surface area contributed by atoms with Gasteiger partial charge in [0.15, 0.2) is 8.68 Å². The van der Waals surface area contributed by atoms with Crippen LogP contribution < -0.4 is 5.43 Å². The van der Waals surface area contributed by atoms with Gasteiger partial charge in [0.1, 0.15) is 0 Å². The van der Waals surface area contributed by atoms with Gasteiger partial charge in [0.05, 0.1) is 12.0 Å². The molecule has 1 aromatic carbocycles. The van der Waals surface area contributed by atoms with Crippen molar-refractivity contribution < 1.29 is 4.79 Å². The Morgan fingerprint density at radius 3 is 2.78 bits per heavy atom. The number of halogens is 1. The summed E-state index contributed by atoms with van der Waals surface area (Å²) >= 11 is 10.5. The van der Waals surface area contributed by atoms with Gasteiger partial charge in [0.25, 0.3) is 5.91 Å². The van der Waals surface area contributed by atoms with Crippen molar-refractivity contribution in [2.24, 2.45) is 5.10 Å². The maximum Gasteiger partial charge on any atom is 0.250 e. The van der Waals surface area contributed by atoms with Gasteiger partial charge in [-0.2, -0.15) is 5.10 Å². The predicted molar refractivity (Wildman–Crippen MR) is 112 cm³/mol. The molecule has 0 aliphatic heterocycles. The topological polar surface area (TPSA) is 80.1 Å². The monoisotopic (exact) mass is 435 g/mol. The van der Waals surface area contributed by atoms with E-state index in [-0.39, 0.29) is 11.7 Å². The zero-order valence-electron chi connectivity index (χ0n) is 13.9. The van der Waals surface area contributed by atoms with Crippen molar-refractivity contribution in [3.05, 3.63) is 64.9 Å². The molecule has 0 saturated carbocycles. The molecule has 0 unspecified atom stereocenters. The number of carbonyl (C=O) groups excluding carboxylic acids is 1. The molecule has 0 saturated heterocycles. The van der Waals surface area contributed by atoms with E-state index in [0.29, 0.717) is 0 Å². The lowest BCUT2D eigenvalue weighted by atomic mass is 10.2. The quantitative estimate of drug-likeness (QED) is 0.325. The molecule has 0 radical (unpaired) electrons. The molecule has 2 heterocycles. The Morgan fingerprint density at radius 2 is 2.00 bits per heavy atom. The lowest BCUT2D eigenvalue weighted by molar-refractivity contribution is -0.118. The fourth-order valence-corrected chi connectivity index (χ4v) is 4.96. The molecule has 0 fully saturated rings. The molecule has 27 heavy (non-hydrogen) atoms. The van der Waals surface area contributed by atoms with Crippen molar-refractivity contribution in [3.63, 3.8) is 0 Å². The molecule has 6 nitrogen and oxygen atoms in total. The van der Waals surface area contributed by atoms with Gasteiger partial charge in [-0.15, -0.1) is 10.2 Å². The van der Waals surface area contributed by atoms with Gasteiger partial charge in [-0.25, -0.2) is 5.43 Å². The fraction of sp³-hybridized carbons (Fsp3) is 0.118. The summed E-state index contributed by atoms with van der Waals surface area (Å²) in [6.45, 7) is 0. The summed E-state index contributed by atoms with van der Waals surface area (Å²) in [6, 6.07) is 11.4.